The predicted molar refractivity (Wildman–Crippen MR) is 190 cm³/mol. The Morgan fingerprint density at radius 2 is 1.94 bits per heavy atom. The highest BCUT2D eigenvalue weighted by molar-refractivity contribution is 7.84. The van der Waals surface area contributed by atoms with E-state index in [1.807, 2.05) is 31.2 Å². The van der Waals surface area contributed by atoms with E-state index in [0.717, 1.165) is 28.0 Å². The summed E-state index contributed by atoms with van der Waals surface area (Å²) in [5.41, 5.74) is 3.98. The number of nitrogens with zero attached hydrogens (tertiary/aromatic N) is 2. The van der Waals surface area contributed by atoms with E-state index in [-0.39, 0.29) is 37.3 Å². The van der Waals surface area contributed by atoms with Crippen LogP contribution in [-0.2, 0) is 46.2 Å². The fourth-order valence-corrected chi connectivity index (χ4v) is 8.49. The van der Waals surface area contributed by atoms with E-state index in [4.69, 9.17) is 40.2 Å². The number of carbonyl (C=O) groups is 1. The molecule has 0 spiro atoms. The number of hydrogen-bond donors (Lipinski definition) is 5. The molecule has 1 aliphatic carbocycles. The number of aliphatic hydroxyl groups is 1. The summed E-state index contributed by atoms with van der Waals surface area (Å²) < 4.78 is 55.7. The van der Waals surface area contributed by atoms with Crippen LogP contribution in [-0.4, -0.2) is 64.6 Å². The Hall–Kier alpha value is -3.48. The molecule has 2 aromatic heterocycles. The largest absolute Gasteiger partial charge is 0.524 e. The zero-order chi connectivity index (χ0) is 37.2. The topological polar surface area (TPSA) is 230 Å². The molecule has 2 aliphatic rings. The highest BCUT2D eigenvalue weighted by Gasteiger charge is 2.39. The van der Waals surface area contributed by atoms with Crippen LogP contribution in [0.15, 0.2) is 61.1 Å². The van der Waals surface area contributed by atoms with Gasteiger partial charge in [-0.2, -0.15) is 8.42 Å². The second kappa shape index (κ2) is 15.9. The van der Waals surface area contributed by atoms with Crippen molar-refractivity contribution >= 4 is 52.9 Å². The first-order valence-corrected chi connectivity index (χ1v) is 20.3. The number of esters is 1. The van der Waals surface area contributed by atoms with Crippen LogP contribution in [0.3, 0.4) is 0 Å². The maximum Gasteiger partial charge on any atom is 0.524 e. The van der Waals surface area contributed by atoms with Crippen molar-refractivity contribution in [1.29, 1.82) is 0 Å². The van der Waals surface area contributed by atoms with Crippen molar-refractivity contribution in [3.63, 3.8) is 0 Å². The number of benzene rings is 2. The highest BCUT2D eigenvalue weighted by Crippen LogP contribution is 2.42. The average molecular weight is 795 g/mol. The van der Waals surface area contributed by atoms with Gasteiger partial charge in [-0.15, -0.1) is 11.3 Å². The van der Waals surface area contributed by atoms with Gasteiger partial charge >= 0.3 is 24.1 Å². The lowest BCUT2D eigenvalue weighted by Gasteiger charge is -2.26. The van der Waals surface area contributed by atoms with Crippen LogP contribution >= 0.6 is 30.8 Å². The molecule has 4 aromatic rings. The third kappa shape index (κ3) is 9.73. The molecule has 0 amide bonds. The number of thiophene rings is 1. The van der Waals surface area contributed by atoms with Gasteiger partial charge in [0.2, 0.25) is 0 Å². The molecule has 0 radical (unpaired) electrons. The normalized spacial score (nSPS) is 21.0. The van der Waals surface area contributed by atoms with Gasteiger partial charge in [-0.1, -0.05) is 29.8 Å². The Balaban J connectivity index is 1.16. The number of anilines is 1. The third-order valence-corrected chi connectivity index (χ3v) is 11.1. The van der Waals surface area contributed by atoms with E-state index in [1.165, 1.54) is 48.1 Å². The standard InChI is InChI=1S/C33H36ClN4O11PS2/c1-18-25(32-26-12-22(34)5-4-20(26)8-9-46-32)14-29(51-18)31(40)27-15-36-17-37-33(27)38-23-11-21(16-47-52(35,44)45)28(13-23)48-30(39)10-19-2-6-24(7-3-19)49-50(41,42)43/h2-7,12,14-15,17,21,23,28,31-32,40H,8-11,13,16H2,1H3,(H2,35,44,45)(H,36,37,38)(H2,41,42,43)/t21-,23-,28+,31?,32+/m1/s1. The maximum absolute atomic E-state index is 13.0. The van der Waals surface area contributed by atoms with Crippen molar-refractivity contribution < 1.29 is 50.9 Å². The lowest BCUT2D eigenvalue weighted by molar-refractivity contribution is -0.150. The van der Waals surface area contributed by atoms with Crippen molar-refractivity contribution in [2.75, 3.05) is 18.5 Å². The monoisotopic (exact) mass is 794 g/mol. The van der Waals surface area contributed by atoms with Gasteiger partial charge in [-0.05, 0) is 72.4 Å². The van der Waals surface area contributed by atoms with Gasteiger partial charge in [0.1, 0.15) is 36.2 Å². The zero-order valence-corrected chi connectivity index (χ0v) is 30.9. The van der Waals surface area contributed by atoms with Crippen molar-refractivity contribution in [3.05, 3.63) is 104 Å². The first-order valence-electron chi connectivity index (χ1n) is 16.1. The Morgan fingerprint density at radius 3 is 2.67 bits per heavy atom. The van der Waals surface area contributed by atoms with E-state index in [0.29, 0.717) is 39.9 Å². The zero-order valence-electron chi connectivity index (χ0n) is 27.6. The molecule has 19 heteroatoms. The van der Waals surface area contributed by atoms with Crippen LogP contribution in [0.4, 0.5) is 5.82 Å². The quantitative estimate of drug-likeness (QED) is 0.0940. The van der Waals surface area contributed by atoms with Crippen LogP contribution in [0.5, 0.6) is 5.75 Å². The van der Waals surface area contributed by atoms with Gasteiger partial charge in [-0.25, -0.2) is 19.7 Å². The van der Waals surface area contributed by atoms with E-state index in [9.17, 15) is 22.9 Å². The van der Waals surface area contributed by atoms with Gasteiger partial charge in [-0.3, -0.25) is 18.8 Å². The summed E-state index contributed by atoms with van der Waals surface area (Å²) in [6, 6.07) is 12.9. The van der Waals surface area contributed by atoms with Gasteiger partial charge < -0.3 is 24.4 Å². The van der Waals surface area contributed by atoms with E-state index in [2.05, 4.69) is 19.8 Å². The molecule has 15 nitrogen and oxygen atoms in total. The number of aromatic nitrogens is 2. The van der Waals surface area contributed by atoms with Gasteiger partial charge in [0, 0.05) is 44.9 Å². The number of phosphoric ester groups is 1. The summed E-state index contributed by atoms with van der Waals surface area (Å²) in [6.07, 6.45) is 1.82. The minimum Gasteiger partial charge on any atom is -0.462 e. The number of nitrogens with two attached hydrogens (primary N) is 1. The second-order valence-electron chi connectivity index (χ2n) is 12.5. The first-order chi connectivity index (χ1) is 24.6. The number of aliphatic hydroxyl groups excluding tert-OH is 1. The fourth-order valence-electron chi connectivity index (χ4n) is 6.48. The minimum atomic E-state index is -4.74. The predicted octanol–water partition coefficient (Wildman–Crippen LogP) is 4.28. The smallest absolute Gasteiger partial charge is 0.462 e. The molecule has 5 atom stereocenters. The van der Waals surface area contributed by atoms with Gasteiger partial charge in [0.15, 0.2) is 0 Å². The second-order valence-corrected chi connectivity index (χ2v) is 16.6. The molecule has 278 valence electrons. The number of aryl methyl sites for hydroxylation is 1. The van der Waals surface area contributed by atoms with Crippen LogP contribution in [0.25, 0.3) is 0 Å². The fraction of sp³-hybridized carbons (Fsp3) is 0.364. The number of fused-ring (bicyclic) bond motifs is 1. The number of carbonyl (C=O) groups excluding carboxylic acids is 1. The molecule has 1 fully saturated rings. The average Bonchev–Trinajstić information content (AvgIpc) is 3.65. The summed E-state index contributed by atoms with van der Waals surface area (Å²) in [5, 5.41) is 20.7. The SMILES string of the molecule is Cc1sc(C(O)c2cncnc2N[C@@H]2C[C@H](COS(N)(=O)=O)[C@@H](OC(=O)Cc3ccc(OP(=O)(O)O)cc3)C2)cc1[C@@H]1OCCc2ccc(Cl)cc21. The van der Waals surface area contributed by atoms with Crippen molar-refractivity contribution in [1.82, 2.24) is 9.97 Å². The van der Waals surface area contributed by atoms with Crippen LogP contribution in [0.2, 0.25) is 5.02 Å². The Labute approximate surface area is 308 Å². The summed E-state index contributed by atoms with van der Waals surface area (Å²) in [7, 11) is -9.02. The number of rotatable bonds is 13. The molecule has 52 heavy (non-hydrogen) atoms. The first kappa shape index (κ1) is 38.3. The minimum absolute atomic E-state index is 0.0754. The molecular weight excluding hydrogens is 759 g/mol. The van der Waals surface area contributed by atoms with Crippen molar-refractivity contribution in [2.24, 2.45) is 11.1 Å². The molecule has 1 aliphatic heterocycles. The van der Waals surface area contributed by atoms with Crippen molar-refractivity contribution in [2.45, 2.75) is 57.0 Å². The molecule has 2 aromatic carbocycles. The lowest BCUT2D eigenvalue weighted by atomic mass is 9.93. The van der Waals surface area contributed by atoms with E-state index >= 15 is 0 Å². The highest BCUT2D eigenvalue weighted by atomic mass is 35.5. The summed E-state index contributed by atoms with van der Waals surface area (Å²) in [5.74, 6) is -0.914. The summed E-state index contributed by atoms with van der Waals surface area (Å²) >= 11 is 7.76. The molecule has 0 bridgehead atoms. The van der Waals surface area contributed by atoms with Gasteiger partial charge in [0.25, 0.3) is 0 Å². The number of ether oxygens (including phenoxy) is 2. The Kier molecular flexibility index (Phi) is 11.7. The maximum atomic E-state index is 13.0. The molecule has 0 saturated heterocycles. The third-order valence-electron chi connectivity index (χ3n) is 8.80. The molecule has 1 unspecified atom stereocenters. The summed E-state index contributed by atoms with van der Waals surface area (Å²) in [6.45, 7) is 2.19. The Bertz CT molecular complexity index is 2080. The van der Waals surface area contributed by atoms with Crippen LogP contribution in [0, 0.1) is 12.8 Å². The van der Waals surface area contributed by atoms with Crippen LogP contribution < -0.4 is 15.0 Å². The number of halogens is 1. The number of nitrogens with one attached hydrogen (secondary N) is 1. The molecule has 6 rings (SSSR count). The summed E-state index contributed by atoms with van der Waals surface area (Å²) in [4.78, 5) is 41.1. The Morgan fingerprint density at radius 1 is 1.17 bits per heavy atom. The molecule has 3 heterocycles. The van der Waals surface area contributed by atoms with E-state index < -0.39 is 42.2 Å². The number of hydrogen-bond acceptors (Lipinski definition) is 13. The van der Waals surface area contributed by atoms with E-state index in [1.54, 1.807) is 0 Å². The number of phosphoric acid groups is 1. The molecule has 6 N–H and O–H groups in total. The van der Waals surface area contributed by atoms with Crippen LogP contribution in [0.1, 0.15) is 62.6 Å². The molecule has 1 saturated carbocycles. The lowest BCUT2D eigenvalue weighted by Crippen LogP contribution is -2.28. The molecular formula is C33H36ClN4O11PS2. The van der Waals surface area contributed by atoms with Gasteiger partial charge in [0.05, 0.1) is 19.6 Å². The van der Waals surface area contributed by atoms with Crippen molar-refractivity contribution in [3.8, 4) is 5.75 Å².